The Labute approximate surface area is 195 Å². The molecule has 0 saturated heterocycles. The van der Waals surface area contributed by atoms with Gasteiger partial charge in [0.15, 0.2) is 0 Å². The monoisotopic (exact) mass is 458 g/mol. The van der Waals surface area contributed by atoms with Crippen LogP contribution in [0, 0.1) is 26.1 Å². The molecule has 3 aromatic rings. The van der Waals surface area contributed by atoms with Gasteiger partial charge in [0.05, 0.1) is 27.4 Å². The van der Waals surface area contributed by atoms with Gasteiger partial charge in [-0.1, -0.05) is 55.5 Å². The Balaban J connectivity index is 1.62. The fourth-order valence-electron chi connectivity index (χ4n) is 5.65. The SMILES string of the molecule is C[C@H]1CCC[C@]1(OC(=O)c1cc([N+](=O)[O-])cc([N+](=O)[O-])c1)C1c2ccccc2-c2ccccc21. The zero-order valence-electron chi connectivity index (χ0n) is 18.5. The van der Waals surface area contributed by atoms with Crippen LogP contribution in [0.15, 0.2) is 66.7 Å². The molecule has 0 unspecified atom stereocenters. The zero-order chi connectivity index (χ0) is 24.0. The van der Waals surface area contributed by atoms with Gasteiger partial charge in [-0.2, -0.15) is 0 Å². The quantitative estimate of drug-likeness (QED) is 0.262. The molecule has 0 bridgehead atoms. The van der Waals surface area contributed by atoms with Crippen molar-refractivity contribution in [3.8, 4) is 11.1 Å². The van der Waals surface area contributed by atoms with E-state index in [0.29, 0.717) is 6.42 Å². The molecule has 0 amide bonds. The highest BCUT2D eigenvalue weighted by Crippen LogP contribution is 2.57. The summed E-state index contributed by atoms with van der Waals surface area (Å²) in [6.45, 7) is 2.06. The van der Waals surface area contributed by atoms with Crippen LogP contribution in [0.1, 0.15) is 53.6 Å². The van der Waals surface area contributed by atoms with Crippen molar-refractivity contribution in [2.24, 2.45) is 5.92 Å². The first-order chi connectivity index (χ1) is 16.3. The Hall–Kier alpha value is -4.07. The Bertz CT molecular complexity index is 1260. The minimum atomic E-state index is -0.876. The van der Waals surface area contributed by atoms with Crippen LogP contribution in [0.4, 0.5) is 11.4 Å². The lowest BCUT2D eigenvalue weighted by atomic mass is 9.74. The first kappa shape index (κ1) is 21.8. The average molecular weight is 458 g/mol. The maximum absolute atomic E-state index is 13.4. The molecule has 3 aromatic carbocycles. The maximum atomic E-state index is 13.4. The lowest BCUT2D eigenvalue weighted by Crippen LogP contribution is -2.43. The number of hydrogen-bond donors (Lipinski definition) is 0. The van der Waals surface area contributed by atoms with Gasteiger partial charge in [-0.25, -0.2) is 4.79 Å². The molecule has 0 heterocycles. The van der Waals surface area contributed by atoms with Crippen LogP contribution >= 0.6 is 0 Å². The smallest absolute Gasteiger partial charge is 0.339 e. The number of rotatable bonds is 5. The molecule has 0 radical (unpaired) electrons. The number of fused-ring (bicyclic) bond motifs is 3. The Morgan fingerprint density at radius 3 is 1.91 bits per heavy atom. The molecule has 2 aliphatic carbocycles. The van der Waals surface area contributed by atoms with Gasteiger partial charge in [0.25, 0.3) is 11.4 Å². The van der Waals surface area contributed by atoms with Gasteiger partial charge in [-0.15, -0.1) is 0 Å². The Kier molecular flexibility index (Phi) is 5.16. The summed E-state index contributed by atoms with van der Waals surface area (Å²) in [6.07, 6.45) is 2.36. The van der Waals surface area contributed by atoms with Crippen LogP contribution < -0.4 is 0 Å². The number of hydrogen-bond acceptors (Lipinski definition) is 6. The van der Waals surface area contributed by atoms with Crippen molar-refractivity contribution in [3.63, 3.8) is 0 Å². The molecule has 8 heteroatoms. The van der Waals surface area contributed by atoms with Crippen molar-refractivity contribution in [1.82, 2.24) is 0 Å². The third-order valence-corrected chi connectivity index (χ3v) is 7.20. The molecule has 172 valence electrons. The summed E-state index contributed by atoms with van der Waals surface area (Å²) in [7, 11) is 0. The summed E-state index contributed by atoms with van der Waals surface area (Å²) in [5.74, 6) is -0.966. The molecule has 0 aliphatic heterocycles. The fourth-order valence-corrected chi connectivity index (χ4v) is 5.65. The molecular formula is C26H22N2O6. The number of nitrogens with zero attached hydrogens (tertiary/aromatic N) is 2. The van der Waals surface area contributed by atoms with Crippen molar-refractivity contribution in [2.75, 3.05) is 0 Å². The fraction of sp³-hybridized carbons (Fsp3) is 0.269. The Morgan fingerprint density at radius 1 is 0.912 bits per heavy atom. The lowest BCUT2D eigenvalue weighted by molar-refractivity contribution is -0.394. The highest BCUT2D eigenvalue weighted by atomic mass is 16.6. The summed E-state index contributed by atoms with van der Waals surface area (Å²) in [4.78, 5) is 34.6. The molecule has 0 N–H and O–H groups in total. The number of benzene rings is 3. The van der Waals surface area contributed by atoms with Crippen molar-refractivity contribution in [3.05, 3.63) is 104 Å². The molecule has 0 spiro atoms. The number of carbonyl (C=O) groups is 1. The van der Waals surface area contributed by atoms with Crippen LogP contribution in [-0.2, 0) is 4.74 Å². The molecule has 8 nitrogen and oxygen atoms in total. The third kappa shape index (κ3) is 3.34. The predicted octanol–water partition coefficient (Wildman–Crippen LogP) is 6.03. The van der Waals surface area contributed by atoms with Crippen LogP contribution in [-0.4, -0.2) is 21.4 Å². The third-order valence-electron chi connectivity index (χ3n) is 7.20. The van der Waals surface area contributed by atoms with Crippen LogP contribution in [0.25, 0.3) is 11.1 Å². The summed E-state index contributed by atoms with van der Waals surface area (Å²) in [5, 5.41) is 22.6. The van der Waals surface area contributed by atoms with Gasteiger partial charge >= 0.3 is 5.97 Å². The molecule has 5 rings (SSSR count). The van der Waals surface area contributed by atoms with E-state index in [0.717, 1.165) is 53.3 Å². The van der Waals surface area contributed by atoms with Gasteiger partial charge in [0, 0.05) is 12.1 Å². The first-order valence-electron chi connectivity index (χ1n) is 11.2. The molecular weight excluding hydrogens is 436 g/mol. The van der Waals surface area contributed by atoms with E-state index in [1.165, 1.54) is 0 Å². The second-order valence-corrected chi connectivity index (χ2v) is 9.00. The van der Waals surface area contributed by atoms with Gasteiger partial charge in [0.2, 0.25) is 0 Å². The zero-order valence-corrected chi connectivity index (χ0v) is 18.5. The second-order valence-electron chi connectivity index (χ2n) is 9.00. The minimum Gasteiger partial charge on any atom is -0.454 e. The highest BCUT2D eigenvalue weighted by Gasteiger charge is 2.54. The van der Waals surface area contributed by atoms with E-state index in [4.69, 9.17) is 4.74 Å². The molecule has 1 fully saturated rings. The summed E-state index contributed by atoms with van der Waals surface area (Å²) >= 11 is 0. The van der Waals surface area contributed by atoms with E-state index in [1.54, 1.807) is 0 Å². The first-order valence-corrected chi connectivity index (χ1v) is 11.2. The van der Waals surface area contributed by atoms with E-state index in [-0.39, 0.29) is 17.4 Å². The summed E-state index contributed by atoms with van der Waals surface area (Å²) in [5.41, 5.74) is 2.24. The number of ether oxygens (including phenoxy) is 1. The molecule has 34 heavy (non-hydrogen) atoms. The van der Waals surface area contributed by atoms with Crippen molar-refractivity contribution >= 4 is 17.3 Å². The number of non-ortho nitro benzene ring substituents is 2. The van der Waals surface area contributed by atoms with Gasteiger partial charge < -0.3 is 4.74 Å². The van der Waals surface area contributed by atoms with Crippen LogP contribution in [0.5, 0.6) is 0 Å². The molecule has 2 atom stereocenters. The van der Waals surface area contributed by atoms with E-state index in [9.17, 15) is 25.0 Å². The van der Waals surface area contributed by atoms with Crippen LogP contribution in [0.3, 0.4) is 0 Å². The number of carbonyl (C=O) groups excluding carboxylic acids is 1. The van der Waals surface area contributed by atoms with Crippen molar-refractivity contribution < 1.29 is 19.4 Å². The topological polar surface area (TPSA) is 113 Å². The average Bonchev–Trinajstić information content (AvgIpc) is 3.36. The van der Waals surface area contributed by atoms with E-state index < -0.39 is 32.8 Å². The summed E-state index contributed by atoms with van der Waals surface area (Å²) in [6, 6.07) is 19.1. The van der Waals surface area contributed by atoms with E-state index in [1.807, 2.05) is 24.3 Å². The van der Waals surface area contributed by atoms with E-state index >= 15 is 0 Å². The molecule has 0 aromatic heterocycles. The largest absolute Gasteiger partial charge is 0.454 e. The van der Waals surface area contributed by atoms with Gasteiger partial charge in [0.1, 0.15) is 5.60 Å². The van der Waals surface area contributed by atoms with E-state index in [2.05, 4.69) is 31.2 Å². The summed E-state index contributed by atoms with van der Waals surface area (Å²) < 4.78 is 6.28. The van der Waals surface area contributed by atoms with Gasteiger partial charge in [-0.3, -0.25) is 20.2 Å². The number of nitro groups is 2. The normalized spacial score (nSPS) is 21.0. The number of esters is 1. The maximum Gasteiger partial charge on any atom is 0.339 e. The standard InChI is InChI=1S/C26H22N2O6/c1-16-7-6-12-26(16,24-22-10-4-2-8-20(22)21-9-3-5-11-23(21)24)34-25(29)17-13-18(27(30)31)15-19(14-17)28(32)33/h2-5,8-11,13-16,24H,6-7,12H2,1H3/t16-,26+/m0/s1. The lowest BCUT2D eigenvalue weighted by Gasteiger charge is -2.40. The molecule has 1 saturated carbocycles. The number of nitro benzene ring substituents is 2. The minimum absolute atomic E-state index is 0.0225. The van der Waals surface area contributed by atoms with Gasteiger partial charge in [-0.05, 0) is 47.4 Å². The second kappa shape index (κ2) is 8.06. The van der Waals surface area contributed by atoms with Crippen LogP contribution in [0.2, 0.25) is 0 Å². The highest BCUT2D eigenvalue weighted by molar-refractivity contribution is 5.92. The van der Waals surface area contributed by atoms with Crippen molar-refractivity contribution in [1.29, 1.82) is 0 Å². The predicted molar refractivity (Wildman–Crippen MR) is 125 cm³/mol. The Morgan fingerprint density at radius 2 is 1.44 bits per heavy atom. The van der Waals surface area contributed by atoms with Crippen molar-refractivity contribution in [2.45, 2.75) is 37.7 Å². The molecule has 2 aliphatic rings.